The minimum absolute atomic E-state index is 0.271. The Labute approximate surface area is 142 Å². The molecule has 0 spiro atoms. The van der Waals surface area contributed by atoms with Crippen molar-refractivity contribution in [1.29, 1.82) is 0 Å². The van der Waals surface area contributed by atoms with Gasteiger partial charge in [0.05, 0.1) is 23.0 Å². The van der Waals surface area contributed by atoms with Crippen molar-refractivity contribution >= 4 is 50.3 Å². The third kappa shape index (κ3) is 3.11. The van der Waals surface area contributed by atoms with Crippen molar-refractivity contribution in [1.82, 2.24) is 0 Å². The van der Waals surface area contributed by atoms with Crippen LogP contribution in [0.1, 0.15) is 16.6 Å². The molecule has 0 fully saturated rings. The van der Waals surface area contributed by atoms with Crippen LogP contribution < -0.4 is 15.8 Å². The molecule has 0 atom stereocenters. The van der Waals surface area contributed by atoms with Gasteiger partial charge in [-0.2, -0.15) is 0 Å². The number of nitrogens with one attached hydrogen (secondary N) is 1. The minimum Gasteiger partial charge on any atom is -0.494 e. The first-order chi connectivity index (χ1) is 11.1. The van der Waals surface area contributed by atoms with Gasteiger partial charge in [0.2, 0.25) is 0 Å². The molecular formula is C17H15ClN2O2S. The Balaban J connectivity index is 1.87. The number of halogens is 1. The van der Waals surface area contributed by atoms with Crippen LogP contribution in [0.5, 0.6) is 5.75 Å². The summed E-state index contributed by atoms with van der Waals surface area (Å²) in [4.78, 5) is 13.0. The second kappa shape index (κ2) is 6.48. The molecule has 6 heteroatoms. The Kier molecular flexibility index (Phi) is 4.41. The molecule has 4 nitrogen and oxygen atoms in total. The van der Waals surface area contributed by atoms with Gasteiger partial charge in [-0.1, -0.05) is 29.8 Å². The Morgan fingerprint density at radius 2 is 2.09 bits per heavy atom. The highest BCUT2D eigenvalue weighted by Crippen LogP contribution is 2.36. The summed E-state index contributed by atoms with van der Waals surface area (Å²) in [6.07, 6.45) is 0. The molecule has 1 amide bonds. The number of rotatable bonds is 4. The molecule has 1 heterocycles. The average molecular weight is 347 g/mol. The summed E-state index contributed by atoms with van der Waals surface area (Å²) in [6, 6.07) is 12.8. The van der Waals surface area contributed by atoms with Crippen molar-refractivity contribution in [3.05, 3.63) is 52.4 Å². The molecule has 0 unspecified atom stereocenters. The number of carbonyl (C=O) groups excluding carboxylic acids is 1. The van der Waals surface area contributed by atoms with E-state index in [1.165, 1.54) is 11.3 Å². The van der Waals surface area contributed by atoms with Crippen molar-refractivity contribution < 1.29 is 9.53 Å². The molecule has 3 rings (SSSR count). The van der Waals surface area contributed by atoms with E-state index >= 15 is 0 Å². The van der Waals surface area contributed by atoms with E-state index in [1.807, 2.05) is 31.2 Å². The molecule has 0 bridgehead atoms. The number of hydrogen-bond acceptors (Lipinski definition) is 4. The molecule has 23 heavy (non-hydrogen) atoms. The molecule has 118 valence electrons. The van der Waals surface area contributed by atoms with Crippen molar-refractivity contribution in [3.63, 3.8) is 0 Å². The van der Waals surface area contributed by atoms with Gasteiger partial charge in [-0.3, -0.25) is 4.79 Å². The molecule has 3 N–H and O–H groups in total. The first-order valence-corrected chi connectivity index (χ1v) is 8.30. The summed E-state index contributed by atoms with van der Waals surface area (Å²) in [6.45, 7) is 2.46. The fourth-order valence-corrected chi connectivity index (χ4v) is 3.66. The van der Waals surface area contributed by atoms with Gasteiger partial charge in [0, 0.05) is 16.2 Å². The Hall–Kier alpha value is -2.24. The number of anilines is 2. The second-order valence-electron chi connectivity index (χ2n) is 4.88. The maximum atomic E-state index is 12.5. The summed E-state index contributed by atoms with van der Waals surface area (Å²) in [5.41, 5.74) is 6.95. The lowest BCUT2D eigenvalue weighted by molar-refractivity contribution is 0.103. The number of nitrogens with two attached hydrogens (primary N) is 1. The summed E-state index contributed by atoms with van der Waals surface area (Å²) in [5, 5.41) is 4.15. The largest absolute Gasteiger partial charge is 0.494 e. The van der Waals surface area contributed by atoms with Gasteiger partial charge in [0.25, 0.3) is 5.91 Å². The fourth-order valence-electron chi connectivity index (χ4n) is 2.25. The third-order valence-electron chi connectivity index (χ3n) is 3.32. The first-order valence-electron chi connectivity index (χ1n) is 7.11. The monoisotopic (exact) mass is 346 g/mol. The van der Waals surface area contributed by atoms with Gasteiger partial charge in [-0.15, -0.1) is 11.3 Å². The summed E-state index contributed by atoms with van der Waals surface area (Å²) < 4.78 is 6.35. The smallest absolute Gasteiger partial charge is 0.267 e. The lowest BCUT2D eigenvalue weighted by Gasteiger charge is -2.10. The normalized spacial score (nSPS) is 10.7. The zero-order chi connectivity index (χ0) is 16.4. The first kappa shape index (κ1) is 15.6. The van der Waals surface area contributed by atoms with Gasteiger partial charge in [0.15, 0.2) is 0 Å². The molecular weight excluding hydrogens is 332 g/mol. The van der Waals surface area contributed by atoms with Crippen LogP contribution in [-0.4, -0.2) is 12.5 Å². The molecule has 0 aliphatic heterocycles. The number of hydrogen-bond donors (Lipinski definition) is 2. The van der Waals surface area contributed by atoms with Crippen LogP contribution in [-0.2, 0) is 0 Å². The summed E-state index contributed by atoms with van der Waals surface area (Å²) >= 11 is 7.68. The van der Waals surface area contributed by atoms with Crippen LogP contribution in [0.25, 0.3) is 10.1 Å². The molecule has 0 aliphatic carbocycles. The maximum Gasteiger partial charge on any atom is 0.267 e. The minimum atomic E-state index is -0.271. The molecule has 0 saturated carbocycles. The highest BCUT2D eigenvalue weighted by atomic mass is 35.5. The standard InChI is InChI=1S/C17H15ClN2O2S/c1-2-22-10-7-8-13(12(19)9-10)20-17(21)16-15(18)11-5-3-4-6-14(11)23-16/h3-9H,2,19H2,1H3,(H,20,21). The van der Waals surface area contributed by atoms with Crippen molar-refractivity contribution in [3.8, 4) is 5.75 Å². The van der Waals surface area contributed by atoms with Gasteiger partial charge in [-0.05, 0) is 25.1 Å². The van der Waals surface area contributed by atoms with E-state index in [-0.39, 0.29) is 5.91 Å². The van der Waals surface area contributed by atoms with Gasteiger partial charge < -0.3 is 15.8 Å². The number of benzene rings is 2. The van der Waals surface area contributed by atoms with Gasteiger partial charge in [0.1, 0.15) is 10.6 Å². The van der Waals surface area contributed by atoms with E-state index in [9.17, 15) is 4.79 Å². The van der Waals surface area contributed by atoms with E-state index in [4.69, 9.17) is 22.1 Å². The molecule has 2 aromatic carbocycles. The topological polar surface area (TPSA) is 64.3 Å². The van der Waals surface area contributed by atoms with Crippen LogP contribution in [0.15, 0.2) is 42.5 Å². The fraction of sp³-hybridized carbons (Fsp3) is 0.118. The highest BCUT2D eigenvalue weighted by Gasteiger charge is 2.17. The van der Waals surface area contributed by atoms with E-state index in [2.05, 4.69) is 5.32 Å². The van der Waals surface area contributed by atoms with Crippen LogP contribution in [0.3, 0.4) is 0 Å². The van der Waals surface area contributed by atoms with Crippen LogP contribution in [0.2, 0.25) is 5.02 Å². The quantitative estimate of drug-likeness (QED) is 0.668. The van der Waals surface area contributed by atoms with E-state index in [1.54, 1.807) is 18.2 Å². The van der Waals surface area contributed by atoms with Crippen molar-refractivity contribution in [2.75, 3.05) is 17.7 Å². The second-order valence-corrected chi connectivity index (χ2v) is 6.31. The van der Waals surface area contributed by atoms with Gasteiger partial charge >= 0.3 is 0 Å². The predicted octanol–water partition coefficient (Wildman–Crippen LogP) is 4.79. The number of thiophene rings is 1. The zero-order valence-electron chi connectivity index (χ0n) is 12.4. The van der Waals surface area contributed by atoms with Gasteiger partial charge in [-0.25, -0.2) is 0 Å². The molecule has 3 aromatic rings. The zero-order valence-corrected chi connectivity index (χ0v) is 14.0. The Morgan fingerprint density at radius 3 is 2.78 bits per heavy atom. The van der Waals surface area contributed by atoms with Crippen LogP contribution in [0.4, 0.5) is 11.4 Å². The predicted molar refractivity (Wildman–Crippen MR) is 96.8 cm³/mol. The van der Waals surface area contributed by atoms with Crippen LogP contribution in [0, 0.1) is 0 Å². The number of carbonyl (C=O) groups is 1. The van der Waals surface area contributed by atoms with Crippen molar-refractivity contribution in [2.24, 2.45) is 0 Å². The van der Waals surface area contributed by atoms with E-state index in [0.29, 0.717) is 33.6 Å². The SMILES string of the molecule is CCOc1ccc(NC(=O)c2sc3ccccc3c2Cl)c(N)c1. The lowest BCUT2D eigenvalue weighted by atomic mass is 10.2. The number of amides is 1. The molecule has 0 saturated heterocycles. The Morgan fingerprint density at radius 1 is 1.30 bits per heavy atom. The summed E-state index contributed by atoms with van der Waals surface area (Å²) in [5.74, 6) is 0.398. The lowest BCUT2D eigenvalue weighted by Crippen LogP contribution is -2.12. The number of nitrogen functional groups attached to an aromatic ring is 1. The summed E-state index contributed by atoms with van der Waals surface area (Å²) in [7, 11) is 0. The van der Waals surface area contributed by atoms with Crippen LogP contribution >= 0.6 is 22.9 Å². The molecule has 1 aromatic heterocycles. The maximum absolute atomic E-state index is 12.5. The van der Waals surface area contributed by atoms with Crippen molar-refractivity contribution in [2.45, 2.75) is 6.92 Å². The highest BCUT2D eigenvalue weighted by molar-refractivity contribution is 7.21. The Bertz CT molecular complexity index is 876. The van der Waals surface area contributed by atoms with E-state index < -0.39 is 0 Å². The third-order valence-corrected chi connectivity index (χ3v) is 5.00. The molecule has 0 radical (unpaired) electrons. The molecule has 0 aliphatic rings. The number of ether oxygens (including phenoxy) is 1. The number of fused-ring (bicyclic) bond motifs is 1. The van der Waals surface area contributed by atoms with E-state index in [0.717, 1.165) is 10.1 Å². The average Bonchev–Trinajstić information content (AvgIpc) is 2.88.